The first kappa shape index (κ1) is 23.2. The van der Waals surface area contributed by atoms with Crippen LogP contribution in [0.25, 0.3) is 16.9 Å². The Labute approximate surface area is 210 Å². The molecule has 0 aliphatic carbocycles. The Morgan fingerprint density at radius 1 is 0.889 bits per heavy atom. The fraction of sp³-hybridized carbons (Fsp3) is 0.207. The molecular weight excluding hydrogens is 450 g/mol. The normalized spacial score (nSPS) is 13.7. The van der Waals surface area contributed by atoms with Gasteiger partial charge < -0.3 is 14.5 Å². The van der Waals surface area contributed by atoms with E-state index in [2.05, 4.69) is 11.0 Å². The van der Waals surface area contributed by atoms with Crippen LogP contribution in [0.1, 0.15) is 22.3 Å². The molecule has 1 aliphatic heterocycles. The molecule has 1 saturated heterocycles. The lowest BCUT2D eigenvalue weighted by Crippen LogP contribution is -2.35. The van der Waals surface area contributed by atoms with Gasteiger partial charge in [-0.2, -0.15) is 10.4 Å². The number of nitrogens with zero attached hydrogens (tertiary/aromatic N) is 5. The van der Waals surface area contributed by atoms with Gasteiger partial charge in [-0.3, -0.25) is 4.79 Å². The molecular formula is C29H27N5O2. The summed E-state index contributed by atoms with van der Waals surface area (Å²) in [5.41, 5.74) is 4.53. The van der Waals surface area contributed by atoms with Crippen LogP contribution < -0.4 is 9.64 Å². The Morgan fingerprint density at radius 2 is 1.64 bits per heavy atom. The third-order valence-corrected chi connectivity index (χ3v) is 6.47. The maximum Gasteiger partial charge on any atom is 0.257 e. The number of hydrogen-bond acceptors (Lipinski definition) is 5. The van der Waals surface area contributed by atoms with E-state index < -0.39 is 0 Å². The second-order valence-electron chi connectivity index (χ2n) is 8.66. The first-order valence-corrected chi connectivity index (χ1v) is 12.0. The summed E-state index contributed by atoms with van der Waals surface area (Å²) in [6.45, 7) is 2.82. The van der Waals surface area contributed by atoms with E-state index in [4.69, 9.17) is 15.1 Å². The number of hydrogen-bond donors (Lipinski definition) is 0. The maximum atomic E-state index is 13.9. The SMILES string of the molecule is COc1ccccc1-c1nn(-c2ccccc2)cc1C(=O)N1CCCN(c2ccc(C#N)cc2)CC1. The molecule has 2 heterocycles. The van der Waals surface area contributed by atoms with Gasteiger partial charge in [0.1, 0.15) is 11.4 Å². The zero-order chi connectivity index (χ0) is 24.9. The van der Waals surface area contributed by atoms with Crippen molar-refractivity contribution in [3.05, 3.63) is 96.2 Å². The molecule has 0 atom stereocenters. The molecule has 1 aromatic heterocycles. The summed E-state index contributed by atoms with van der Waals surface area (Å²) < 4.78 is 7.35. The van der Waals surface area contributed by atoms with Crippen molar-refractivity contribution < 1.29 is 9.53 Å². The van der Waals surface area contributed by atoms with E-state index >= 15 is 0 Å². The molecule has 7 heteroatoms. The average Bonchev–Trinajstić information content (AvgIpc) is 3.24. The molecule has 4 aromatic rings. The zero-order valence-electron chi connectivity index (χ0n) is 20.2. The van der Waals surface area contributed by atoms with Gasteiger partial charge in [0.05, 0.1) is 30.0 Å². The molecule has 1 fully saturated rings. The molecule has 1 aliphatic rings. The minimum atomic E-state index is -0.0419. The molecule has 0 N–H and O–H groups in total. The fourth-order valence-electron chi connectivity index (χ4n) is 4.58. The second-order valence-corrected chi connectivity index (χ2v) is 8.66. The lowest BCUT2D eigenvalue weighted by Gasteiger charge is -2.24. The number of amides is 1. The van der Waals surface area contributed by atoms with Crippen molar-refractivity contribution in [2.24, 2.45) is 0 Å². The number of nitriles is 1. The second kappa shape index (κ2) is 10.4. The van der Waals surface area contributed by atoms with Crippen molar-refractivity contribution in [3.63, 3.8) is 0 Å². The van der Waals surface area contributed by atoms with E-state index in [-0.39, 0.29) is 5.91 Å². The van der Waals surface area contributed by atoms with Gasteiger partial charge in [-0.25, -0.2) is 4.68 Å². The number of para-hydroxylation sites is 2. The largest absolute Gasteiger partial charge is 0.496 e. The zero-order valence-corrected chi connectivity index (χ0v) is 20.2. The Balaban J connectivity index is 1.45. The van der Waals surface area contributed by atoms with Crippen molar-refractivity contribution in [2.75, 3.05) is 38.2 Å². The maximum absolute atomic E-state index is 13.9. The fourth-order valence-corrected chi connectivity index (χ4v) is 4.58. The van der Waals surface area contributed by atoms with Crippen molar-refractivity contribution in [1.29, 1.82) is 5.26 Å². The van der Waals surface area contributed by atoms with Crippen LogP contribution in [-0.4, -0.2) is 53.9 Å². The van der Waals surface area contributed by atoms with Crippen molar-refractivity contribution in [3.8, 4) is 28.8 Å². The Hall–Kier alpha value is -4.57. The van der Waals surface area contributed by atoms with Crippen LogP contribution in [-0.2, 0) is 0 Å². The van der Waals surface area contributed by atoms with E-state index in [0.717, 1.165) is 29.9 Å². The highest BCUT2D eigenvalue weighted by Crippen LogP contribution is 2.32. The summed E-state index contributed by atoms with van der Waals surface area (Å²) in [5.74, 6) is 0.632. The number of benzene rings is 3. The highest BCUT2D eigenvalue weighted by molar-refractivity contribution is 6.00. The van der Waals surface area contributed by atoms with E-state index in [1.165, 1.54) is 0 Å². The van der Waals surface area contributed by atoms with Gasteiger partial charge in [0.15, 0.2) is 0 Å². The molecule has 3 aromatic carbocycles. The lowest BCUT2D eigenvalue weighted by atomic mass is 10.1. The minimum absolute atomic E-state index is 0.0419. The van der Waals surface area contributed by atoms with E-state index in [1.54, 1.807) is 11.8 Å². The van der Waals surface area contributed by atoms with Crippen LogP contribution in [0.5, 0.6) is 5.75 Å². The van der Waals surface area contributed by atoms with Crippen LogP contribution in [0, 0.1) is 11.3 Å². The van der Waals surface area contributed by atoms with E-state index in [9.17, 15) is 4.79 Å². The Morgan fingerprint density at radius 3 is 2.39 bits per heavy atom. The summed E-state index contributed by atoms with van der Waals surface area (Å²) in [7, 11) is 1.63. The lowest BCUT2D eigenvalue weighted by molar-refractivity contribution is 0.0767. The van der Waals surface area contributed by atoms with Gasteiger partial charge in [0, 0.05) is 43.6 Å². The molecule has 5 rings (SSSR count). The molecule has 7 nitrogen and oxygen atoms in total. The summed E-state index contributed by atoms with van der Waals surface area (Å²) >= 11 is 0. The summed E-state index contributed by atoms with van der Waals surface area (Å²) in [6.07, 6.45) is 2.67. The van der Waals surface area contributed by atoms with E-state index in [1.807, 2.05) is 90.0 Å². The minimum Gasteiger partial charge on any atom is -0.496 e. The van der Waals surface area contributed by atoms with Gasteiger partial charge >= 0.3 is 0 Å². The smallest absolute Gasteiger partial charge is 0.257 e. The number of anilines is 1. The van der Waals surface area contributed by atoms with Gasteiger partial charge in [0.2, 0.25) is 0 Å². The molecule has 0 radical (unpaired) electrons. The number of ether oxygens (including phenoxy) is 1. The predicted octanol–water partition coefficient (Wildman–Crippen LogP) is 4.77. The highest BCUT2D eigenvalue weighted by Gasteiger charge is 2.27. The van der Waals surface area contributed by atoms with Crippen LogP contribution in [0.2, 0.25) is 0 Å². The number of carbonyl (C=O) groups is 1. The predicted molar refractivity (Wildman–Crippen MR) is 139 cm³/mol. The third kappa shape index (κ3) is 4.66. The Kier molecular flexibility index (Phi) is 6.67. The van der Waals surface area contributed by atoms with Crippen molar-refractivity contribution in [1.82, 2.24) is 14.7 Å². The van der Waals surface area contributed by atoms with Gasteiger partial charge in [-0.15, -0.1) is 0 Å². The molecule has 36 heavy (non-hydrogen) atoms. The van der Waals surface area contributed by atoms with Crippen molar-refractivity contribution in [2.45, 2.75) is 6.42 Å². The van der Waals surface area contributed by atoms with Gasteiger partial charge in [-0.05, 0) is 55.0 Å². The molecule has 0 unspecified atom stereocenters. The summed E-state index contributed by atoms with van der Waals surface area (Å²) in [5, 5.41) is 13.9. The Bertz CT molecular complexity index is 1390. The number of aromatic nitrogens is 2. The van der Waals surface area contributed by atoms with Crippen molar-refractivity contribution >= 4 is 11.6 Å². The van der Waals surface area contributed by atoms with Gasteiger partial charge in [0.25, 0.3) is 5.91 Å². The molecule has 180 valence electrons. The standard InChI is InChI=1S/C29H27N5O2/c1-36-27-11-6-5-10-25(27)28-26(21-34(31-28)24-8-3-2-4-9-24)29(35)33-17-7-16-32(18-19-33)23-14-12-22(20-30)13-15-23/h2-6,8-15,21H,7,16-19H2,1H3. The molecule has 0 spiro atoms. The highest BCUT2D eigenvalue weighted by atomic mass is 16.5. The third-order valence-electron chi connectivity index (χ3n) is 6.47. The van der Waals surface area contributed by atoms with Gasteiger partial charge in [-0.1, -0.05) is 30.3 Å². The number of carbonyl (C=O) groups excluding carboxylic acids is 1. The average molecular weight is 478 g/mol. The summed E-state index contributed by atoms with van der Waals surface area (Å²) in [4.78, 5) is 18.1. The first-order valence-electron chi connectivity index (χ1n) is 12.0. The topological polar surface area (TPSA) is 74.4 Å². The van der Waals surface area contributed by atoms with Crippen LogP contribution in [0.4, 0.5) is 5.69 Å². The number of rotatable bonds is 5. The molecule has 1 amide bonds. The molecule has 0 saturated carbocycles. The monoisotopic (exact) mass is 477 g/mol. The summed E-state index contributed by atoms with van der Waals surface area (Å²) in [6, 6.07) is 27.2. The van der Waals surface area contributed by atoms with E-state index in [0.29, 0.717) is 42.2 Å². The first-order chi connectivity index (χ1) is 17.7. The number of methoxy groups -OCH3 is 1. The van der Waals surface area contributed by atoms with Crippen LogP contribution in [0.15, 0.2) is 85.1 Å². The van der Waals surface area contributed by atoms with Crippen LogP contribution >= 0.6 is 0 Å². The molecule has 0 bridgehead atoms. The van der Waals surface area contributed by atoms with Crippen LogP contribution in [0.3, 0.4) is 0 Å². The quantitative estimate of drug-likeness (QED) is 0.414.